The van der Waals surface area contributed by atoms with Crippen LogP contribution >= 0.6 is 0 Å². The molecule has 5 nitrogen and oxygen atoms in total. The number of likely N-dealkylation sites (N-methyl/N-ethyl adjacent to an activating group) is 1. The fourth-order valence-electron chi connectivity index (χ4n) is 4.94. The number of hydrogen-bond donors (Lipinski definition) is 0. The van der Waals surface area contributed by atoms with Gasteiger partial charge in [0, 0.05) is 44.0 Å². The topological polar surface area (TPSA) is 35.5 Å². The number of aromatic nitrogens is 2. The molecule has 5 heteroatoms. The molecule has 0 bridgehead atoms. The quantitative estimate of drug-likeness (QED) is 0.651. The average molecular weight is 402 g/mol. The van der Waals surface area contributed by atoms with Gasteiger partial charge >= 0.3 is 0 Å². The average Bonchev–Trinajstić information content (AvgIpc) is 3.44. The lowest BCUT2D eigenvalue weighted by atomic mass is 10.1. The second kappa shape index (κ2) is 8.32. The highest BCUT2D eigenvalue weighted by Gasteiger charge is 2.30. The van der Waals surface area contributed by atoms with E-state index < -0.39 is 0 Å². The highest BCUT2D eigenvalue weighted by molar-refractivity contribution is 5.86. The van der Waals surface area contributed by atoms with Gasteiger partial charge in [-0.15, -0.1) is 0 Å². The van der Waals surface area contributed by atoms with Crippen molar-refractivity contribution in [1.29, 1.82) is 0 Å². The van der Waals surface area contributed by atoms with Crippen molar-refractivity contribution < 1.29 is 0 Å². The number of nitrogens with zero attached hydrogens (tertiary/aromatic N) is 5. The molecule has 3 heterocycles. The Hall–Kier alpha value is -2.50. The normalized spacial score (nSPS) is 22.4. The Bertz CT molecular complexity index is 1020. The van der Waals surface area contributed by atoms with E-state index in [2.05, 4.69) is 76.2 Å². The fourth-order valence-corrected chi connectivity index (χ4v) is 4.94. The number of benzene rings is 2. The summed E-state index contributed by atoms with van der Waals surface area (Å²) in [5.74, 6) is 1.58. The van der Waals surface area contributed by atoms with E-state index in [4.69, 9.17) is 4.98 Å². The summed E-state index contributed by atoms with van der Waals surface area (Å²) in [6.07, 6.45) is 4.43. The molecular weight excluding hydrogens is 370 g/mol. The lowest BCUT2D eigenvalue weighted by molar-refractivity contribution is 0.247. The Labute approximate surface area is 179 Å². The van der Waals surface area contributed by atoms with Crippen LogP contribution in [0.1, 0.15) is 12.8 Å². The third-order valence-electron chi connectivity index (χ3n) is 6.75. The van der Waals surface area contributed by atoms with Crippen LogP contribution in [0.25, 0.3) is 22.0 Å². The van der Waals surface area contributed by atoms with Crippen LogP contribution in [-0.2, 0) is 0 Å². The van der Waals surface area contributed by atoms with Crippen LogP contribution in [0.15, 0.2) is 54.7 Å². The molecule has 2 aliphatic heterocycles. The molecule has 1 aromatic heterocycles. The summed E-state index contributed by atoms with van der Waals surface area (Å²) in [6, 6.07) is 17.8. The SMILES string of the molecule is CN(C)C1CCN(C[C@H]2CCN(c3nccc(-c4ccc5ccccc5c4)n3)C2)C1. The molecule has 2 saturated heterocycles. The van der Waals surface area contributed by atoms with E-state index in [0.717, 1.165) is 30.3 Å². The minimum absolute atomic E-state index is 0.707. The van der Waals surface area contributed by atoms with E-state index in [1.165, 1.54) is 43.2 Å². The summed E-state index contributed by atoms with van der Waals surface area (Å²) < 4.78 is 0. The maximum atomic E-state index is 4.93. The van der Waals surface area contributed by atoms with Crippen molar-refractivity contribution in [3.05, 3.63) is 54.7 Å². The van der Waals surface area contributed by atoms with E-state index in [1.54, 1.807) is 0 Å². The second-order valence-electron chi connectivity index (χ2n) is 9.07. The van der Waals surface area contributed by atoms with Crippen LogP contribution in [0.4, 0.5) is 5.95 Å². The van der Waals surface area contributed by atoms with E-state index in [1.807, 2.05) is 12.3 Å². The van der Waals surface area contributed by atoms with Crippen molar-refractivity contribution in [2.45, 2.75) is 18.9 Å². The maximum Gasteiger partial charge on any atom is 0.225 e. The van der Waals surface area contributed by atoms with Gasteiger partial charge in [-0.1, -0.05) is 36.4 Å². The molecule has 2 atom stereocenters. The van der Waals surface area contributed by atoms with Crippen molar-refractivity contribution in [3.8, 4) is 11.3 Å². The van der Waals surface area contributed by atoms with Gasteiger partial charge in [0.05, 0.1) is 5.69 Å². The summed E-state index contributed by atoms with van der Waals surface area (Å²) in [6.45, 7) is 5.75. The highest BCUT2D eigenvalue weighted by Crippen LogP contribution is 2.27. The van der Waals surface area contributed by atoms with Crippen LogP contribution in [0.3, 0.4) is 0 Å². The zero-order valence-electron chi connectivity index (χ0n) is 18.0. The monoisotopic (exact) mass is 401 g/mol. The highest BCUT2D eigenvalue weighted by atomic mass is 15.3. The smallest absolute Gasteiger partial charge is 0.225 e. The first kappa shape index (κ1) is 19.5. The largest absolute Gasteiger partial charge is 0.340 e. The molecule has 2 fully saturated rings. The van der Waals surface area contributed by atoms with Gasteiger partial charge in [-0.2, -0.15) is 0 Å². The Morgan fingerprint density at radius 1 is 0.967 bits per heavy atom. The lowest BCUT2D eigenvalue weighted by Crippen LogP contribution is -2.34. The van der Waals surface area contributed by atoms with Crippen molar-refractivity contribution in [2.24, 2.45) is 5.92 Å². The molecule has 5 rings (SSSR count). The minimum atomic E-state index is 0.707. The zero-order valence-corrected chi connectivity index (χ0v) is 18.0. The molecule has 0 aliphatic carbocycles. The number of anilines is 1. The van der Waals surface area contributed by atoms with Gasteiger partial charge in [0.15, 0.2) is 0 Å². The van der Waals surface area contributed by atoms with Crippen molar-refractivity contribution in [2.75, 3.05) is 51.7 Å². The summed E-state index contributed by atoms with van der Waals surface area (Å²) in [7, 11) is 4.40. The van der Waals surface area contributed by atoms with Gasteiger partial charge in [-0.3, -0.25) is 0 Å². The van der Waals surface area contributed by atoms with E-state index in [9.17, 15) is 0 Å². The molecule has 0 spiro atoms. The van der Waals surface area contributed by atoms with Crippen LogP contribution in [0, 0.1) is 5.92 Å². The van der Waals surface area contributed by atoms with Gasteiger partial charge in [-0.05, 0) is 62.3 Å². The third-order valence-corrected chi connectivity index (χ3v) is 6.75. The van der Waals surface area contributed by atoms with Gasteiger partial charge in [0.25, 0.3) is 0 Å². The van der Waals surface area contributed by atoms with Crippen molar-refractivity contribution in [1.82, 2.24) is 19.8 Å². The Morgan fingerprint density at radius 3 is 2.67 bits per heavy atom. The second-order valence-corrected chi connectivity index (χ2v) is 9.07. The van der Waals surface area contributed by atoms with E-state index in [0.29, 0.717) is 12.0 Å². The summed E-state index contributed by atoms with van der Waals surface area (Å²) in [5, 5.41) is 2.51. The molecule has 30 heavy (non-hydrogen) atoms. The molecular formula is C25H31N5. The van der Waals surface area contributed by atoms with Crippen LogP contribution in [0.5, 0.6) is 0 Å². The van der Waals surface area contributed by atoms with Crippen LogP contribution < -0.4 is 4.90 Å². The fraction of sp³-hybridized carbons (Fsp3) is 0.440. The molecule has 0 saturated carbocycles. The van der Waals surface area contributed by atoms with E-state index >= 15 is 0 Å². The third kappa shape index (κ3) is 4.05. The van der Waals surface area contributed by atoms with Crippen molar-refractivity contribution in [3.63, 3.8) is 0 Å². The Balaban J connectivity index is 1.26. The Morgan fingerprint density at radius 2 is 1.83 bits per heavy atom. The Kier molecular flexibility index (Phi) is 5.40. The molecule has 1 unspecified atom stereocenters. The molecule has 0 radical (unpaired) electrons. The maximum absolute atomic E-state index is 4.93. The summed E-state index contributed by atoms with van der Waals surface area (Å²) in [4.78, 5) is 16.9. The first-order valence-electron chi connectivity index (χ1n) is 11.1. The summed E-state index contributed by atoms with van der Waals surface area (Å²) >= 11 is 0. The zero-order chi connectivity index (χ0) is 20.5. The first-order chi connectivity index (χ1) is 14.7. The molecule has 3 aromatic rings. The van der Waals surface area contributed by atoms with Gasteiger partial charge in [-0.25, -0.2) is 9.97 Å². The number of likely N-dealkylation sites (tertiary alicyclic amines) is 1. The van der Waals surface area contributed by atoms with Gasteiger partial charge in [0.1, 0.15) is 0 Å². The first-order valence-corrected chi connectivity index (χ1v) is 11.1. The predicted molar refractivity (Wildman–Crippen MR) is 124 cm³/mol. The van der Waals surface area contributed by atoms with Crippen LogP contribution in [0.2, 0.25) is 0 Å². The standard InChI is InChI=1S/C25H31N5/c1-28(2)23-11-13-29(18-23)16-19-10-14-30(17-19)25-26-12-9-24(27-25)22-8-7-20-5-3-4-6-21(20)15-22/h3-9,12,15,19,23H,10-11,13-14,16-18H2,1-2H3/t19-,23?/m1/s1. The molecule has 2 aromatic carbocycles. The minimum Gasteiger partial charge on any atom is -0.340 e. The lowest BCUT2D eigenvalue weighted by Gasteiger charge is -2.23. The predicted octanol–water partition coefficient (Wildman–Crippen LogP) is 3.76. The van der Waals surface area contributed by atoms with Gasteiger partial charge < -0.3 is 14.7 Å². The molecule has 156 valence electrons. The van der Waals surface area contributed by atoms with Crippen molar-refractivity contribution >= 4 is 16.7 Å². The number of fused-ring (bicyclic) bond motifs is 1. The van der Waals surface area contributed by atoms with E-state index in [-0.39, 0.29) is 0 Å². The number of rotatable bonds is 5. The molecule has 0 amide bonds. The van der Waals surface area contributed by atoms with Gasteiger partial charge in [0.2, 0.25) is 5.95 Å². The van der Waals surface area contributed by atoms with Crippen LogP contribution in [-0.4, -0.2) is 72.6 Å². The molecule has 0 N–H and O–H groups in total. The molecule has 2 aliphatic rings. The number of hydrogen-bond acceptors (Lipinski definition) is 5. The summed E-state index contributed by atoms with van der Waals surface area (Å²) in [5.41, 5.74) is 2.16.